The number of nitrogens with zero attached hydrogens (tertiary/aromatic N) is 2. The summed E-state index contributed by atoms with van der Waals surface area (Å²) in [5.74, 6) is 0.803. The molecule has 1 aromatic heterocycles. The number of aromatic nitrogens is 2. The molecule has 0 radical (unpaired) electrons. The summed E-state index contributed by atoms with van der Waals surface area (Å²) in [6.07, 6.45) is 0. The van der Waals surface area contributed by atoms with Crippen LogP contribution in [0.15, 0.2) is 52.9 Å². The molecular weight excluding hydrogens is 350 g/mol. The van der Waals surface area contributed by atoms with Gasteiger partial charge in [0.15, 0.2) is 6.61 Å². The van der Waals surface area contributed by atoms with E-state index in [0.717, 1.165) is 16.8 Å². The van der Waals surface area contributed by atoms with E-state index in [2.05, 4.69) is 10.4 Å². The Bertz CT molecular complexity index is 943. The predicted molar refractivity (Wildman–Crippen MR) is 101 cm³/mol. The van der Waals surface area contributed by atoms with Crippen molar-refractivity contribution in [3.8, 4) is 5.75 Å². The van der Waals surface area contributed by atoms with Crippen molar-refractivity contribution in [2.45, 2.75) is 27.0 Å². The van der Waals surface area contributed by atoms with E-state index in [4.69, 9.17) is 21.4 Å². The molecule has 1 N–H and O–H groups in total. The number of amides is 1. The summed E-state index contributed by atoms with van der Waals surface area (Å²) in [5, 5.41) is 7.11. The van der Waals surface area contributed by atoms with Crippen molar-refractivity contribution in [2.75, 3.05) is 5.32 Å². The Kier molecular flexibility index (Phi) is 5.48. The first-order chi connectivity index (χ1) is 12.5. The molecule has 0 fully saturated rings. The van der Waals surface area contributed by atoms with Crippen molar-refractivity contribution in [2.24, 2.45) is 0 Å². The van der Waals surface area contributed by atoms with E-state index in [9.17, 15) is 4.79 Å². The smallest absolute Gasteiger partial charge is 0.287 e. The highest BCUT2D eigenvalue weighted by Gasteiger charge is 2.12. The Balaban J connectivity index is 1.64. The summed E-state index contributed by atoms with van der Waals surface area (Å²) in [7, 11) is 0. The zero-order chi connectivity index (χ0) is 18.5. The molecule has 7 heteroatoms. The number of hydrogen-bond donors (Lipinski definition) is 1. The van der Waals surface area contributed by atoms with Gasteiger partial charge in [-0.05, 0) is 49.3 Å². The number of nitrogens with one attached hydrogen (secondary N) is 1. The number of hydrogen-bond acceptors (Lipinski definition) is 5. The van der Waals surface area contributed by atoms with Gasteiger partial charge in [0, 0.05) is 5.69 Å². The molecule has 3 rings (SSSR count). The fourth-order valence-corrected chi connectivity index (χ4v) is 2.70. The van der Waals surface area contributed by atoms with Crippen molar-refractivity contribution in [3.63, 3.8) is 0 Å². The van der Waals surface area contributed by atoms with Crippen molar-refractivity contribution in [1.29, 1.82) is 0 Å². The fraction of sp³-hybridized carbons (Fsp3) is 0.211. The molecule has 6 nitrogen and oxygen atoms in total. The van der Waals surface area contributed by atoms with Gasteiger partial charge < -0.3 is 14.5 Å². The second kappa shape index (κ2) is 7.97. The van der Waals surface area contributed by atoms with E-state index < -0.39 is 0 Å². The second-order valence-electron chi connectivity index (χ2n) is 5.84. The third-order valence-electron chi connectivity index (χ3n) is 3.79. The summed E-state index contributed by atoms with van der Waals surface area (Å²) >= 11 is 5.14. The largest absolute Gasteiger partial charge is 0.484 e. The summed E-state index contributed by atoms with van der Waals surface area (Å²) in [6.45, 7) is 4.01. The normalized spacial score (nSPS) is 10.5. The monoisotopic (exact) mass is 369 g/mol. The number of benzene rings is 2. The van der Waals surface area contributed by atoms with Gasteiger partial charge in [-0.3, -0.25) is 4.79 Å². The molecule has 0 aliphatic carbocycles. The molecular formula is C19H19N3O3S. The minimum absolute atomic E-state index is 0.0263. The van der Waals surface area contributed by atoms with Crippen LogP contribution in [-0.4, -0.2) is 15.7 Å². The SMILES string of the molecule is Cc1cccc(C)c1NC(=O)Cn1nc(COc2ccccc2)oc1=S. The Hall–Kier alpha value is -2.93. The summed E-state index contributed by atoms with van der Waals surface area (Å²) in [4.78, 5) is 12.5. The van der Waals surface area contributed by atoms with Crippen LogP contribution >= 0.6 is 12.2 Å². The third kappa shape index (κ3) is 4.37. The first-order valence-corrected chi connectivity index (χ1v) is 8.54. The molecule has 0 spiro atoms. The Morgan fingerprint density at radius 1 is 1.15 bits per heavy atom. The lowest BCUT2D eigenvalue weighted by Crippen LogP contribution is -2.20. The van der Waals surface area contributed by atoms with Gasteiger partial charge in [-0.2, -0.15) is 0 Å². The highest BCUT2D eigenvalue weighted by molar-refractivity contribution is 7.71. The molecule has 0 saturated heterocycles. The van der Waals surface area contributed by atoms with Crippen LogP contribution in [0.2, 0.25) is 0 Å². The van der Waals surface area contributed by atoms with Gasteiger partial charge in [-0.15, -0.1) is 5.10 Å². The standard InChI is InChI=1S/C19H19N3O3S/c1-13-7-6-8-14(2)18(13)20-16(23)11-22-19(26)25-17(21-22)12-24-15-9-4-3-5-10-15/h3-10H,11-12H2,1-2H3,(H,20,23). The Morgan fingerprint density at radius 3 is 2.54 bits per heavy atom. The zero-order valence-corrected chi connectivity index (χ0v) is 15.4. The van der Waals surface area contributed by atoms with Crippen LogP contribution in [0.3, 0.4) is 0 Å². The number of anilines is 1. The minimum Gasteiger partial charge on any atom is -0.484 e. The molecule has 26 heavy (non-hydrogen) atoms. The van der Waals surface area contributed by atoms with Crippen molar-refractivity contribution >= 4 is 23.8 Å². The van der Waals surface area contributed by atoms with Gasteiger partial charge in [0.2, 0.25) is 5.91 Å². The highest BCUT2D eigenvalue weighted by Crippen LogP contribution is 2.19. The molecule has 1 amide bonds. The van der Waals surface area contributed by atoms with Crippen LogP contribution < -0.4 is 10.1 Å². The molecule has 0 aliphatic heterocycles. The summed E-state index contributed by atoms with van der Waals surface area (Å²) < 4.78 is 12.3. The topological polar surface area (TPSA) is 69.3 Å². The van der Waals surface area contributed by atoms with Crippen molar-refractivity contribution in [3.05, 3.63) is 70.4 Å². The van der Waals surface area contributed by atoms with Gasteiger partial charge in [0.25, 0.3) is 10.7 Å². The molecule has 134 valence electrons. The fourth-order valence-electron chi connectivity index (χ4n) is 2.50. The number of aryl methyl sites for hydroxylation is 2. The quantitative estimate of drug-likeness (QED) is 0.664. The molecule has 0 saturated carbocycles. The maximum Gasteiger partial charge on any atom is 0.287 e. The number of ether oxygens (including phenoxy) is 1. The molecule has 0 bridgehead atoms. The summed E-state index contributed by atoms with van der Waals surface area (Å²) in [6, 6.07) is 15.2. The molecule has 3 aromatic rings. The van der Waals surface area contributed by atoms with E-state index >= 15 is 0 Å². The van der Waals surface area contributed by atoms with Gasteiger partial charge >= 0.3 is 0 Å². The van der Waals surface area contributed by atoms with E-state index in [0.29, 0.717) is 11.6 Å². The van der Waals surface area contributed by atoms with Crippen LogP contribution in [0.4, 0.5) is 5.69 Å². The first kappa shape index (κ1) is 17.9. The lowest BCUT2D eigenvalue weighted by Gasteiger charge is -2.11. The van der Waals surface area contributed by atoms with Gasteiger partial charge in [-0.1, -0.05) is 36.4 Å². The lowest BCUT2D eigenvalue weighted by molar-refractivity contribution is -0.117. The van der Waals surface area contributed by atoms with Crippen LogP contribution in [0.25, 0.3) is 0 Å². The van der Waals surface area contributed by atoms with Gasteiger partial charge in [0.05, 0.1) is 0 Å². The highest BCUT2D eigenvalue weighted by atomic mass is 32.1. The molecule has 1 heterocycles. The van der Waals surface area contributed by atoms with Gasteiger partial charge in [0.1, 0.15) is 12.3 Å². The van der Waals surface area contributed by atoms with E-state index in [-0.39, 0.29) is 23.9 Å². The number of para-hydroxylation sites is 2. The van der Waals surface area contributed by atoms with Gasteiger partial charge in [-0.25, -0.2) is 4.68 Å². The van der Waals surface area contributed by atoms with Crippen LogP contribution in [0, 0.1) is 18.7 Å². The van der Waals surface area contributed by atoms with Crippen molar-refractivity contribution < 1.29 is 13.9 Å². The molecule has 0 unspecified atom stereocenters. The van der Waals surface area contributed by atoms with Crippen molar-refractivity contribution in [1.82, 2.24) is 9.78 Å². The summed E-state index contributed by atoms with van der Waals surface area (Å²) in [5.41, 5.74) is 2.80. The van der Waals surface area contributed by atoms with Crippen LogP contribution in [-0.2, 0) is 17.9 Å². The maximum atomic E-state index is 12.3. The minimum atomic E-state index is -0.220. The average Bonchev–Trinajstić information content (AvgIpc) is 2.97. The number of carbonyl (C=O) groups is 1. The number of rotatable bonds is 6. The Labute approximate surface area is 156 Å². The Morgan fingerprint density at radius 2 is 1.85 bits per heavy atom. The molecule has 0 atom stereocenters. The number of carbonyl (C=O) groups excluding carboxylic acids is 1. The average molecular weight is 369 g/mol. The molecule has 0 aliphatic rings. The second-order valence-corrected chi connectivity index (χ2v) is 6.19. The third-order valence-corrected chi connectivity index (χ3v) is 4.09. The van der Waals surface area contributed by atoms with E-state index in [1.807, 2.05) is 62.4 Å². The zero-order valence-electron chi connectivity index (χ0n) is 14.6. The molecule has 2 aromatic carbocycles. The van der Waals surface area contributed by atoms with E-state index in [1.165, 1.54) is 4.68 Å². The predicted octanol–water partition coefficient (Wildman–Crippen LogP) is 4.04. The lowest BCUT2D eigenvalue weighted by atomic mass is 10.1. The van der Waals surface area contributed by atoms with E-state index in [1.54, 1.807) is 0 Å². The first-order valence-electron chi connectivity index (χ1n) is 8.13. The maximum absolute atomic E-state index is 12.3. The van der Waals surface area contributed by atoms with Crippen LogP contribution in [0.5, 0.6) is 5.75 Å². The van der Waals surface area contributed by atoms with Crippen LogP contribution in [0.1, 0.15) is 17.0 Å².